The molecule has 1 saturated carbocycles. The van der Waals surface area contributed by atoms with Crippen molar-refractivity contribution in [3.05, 3.63) is 0 Å². The zero-order chi connectivity index (χ0) is 14.1. The molecule has 1 atom stereocenters. The molecule has 1 aliphatic carbocycles. The van der Waals surface area contributed by atoms with Crippen LogP contribution in [0.5, 0.6) is 0 Å². The Morgan fingerprint density at radius 1 is 1.16 bits per heavy atom. The molecule has 0 radical (unpaired) electrons. The van der Waals surface area contributed by atoms with Gasteiger partial charge >= 0.3 is 6.03 Å². The summed E-state index contributed by atoms with van der Waals surface area (Å²) < 4.78 is 0. The average Bonchev–Trinajstić information content (AvgIpc) is 2.62. The summed E-state index contributed by atoms with van der Waals surface area (Å²) in [5.74, 6) is -0.207. The molecule has 3 amide bonds. The highest BCUT2D eigenvalue weighted by Gasteiger charge is 2.14. The van der Waals surface area contributed by atoms with Crippen LogP contribution in [0.3, 0.4) is 0 Å². The van der Waals surface area contributed by atoms with E-state index in [9.17, 15) is 9.59 Å². The van der Waals surface area contributed by atoms with Crippen LogP contribution in [0.25, 0.3) is 0 Å². The predicted molar refractivity (Wildman–Crippen MR) is 74.7 cm³/mol. The number of urea groups is 1. The molecule has 0 aliphatic heterocycles. The maximum Gasteiger partial charge on any atom is 0.312 e. The first-order valence-corrected chi connectivity index (χ1v) is 7.16. The number of primary amides is 1. The van der Waals surface area contributed by atoms with Gasteiger partial charge in [-0.1, -0.05) is 25.7 Å². The first kappa shape index (κ1) is 15.8. The van der Waals surface area contributed by atoms with Crippen LogP contribution in [-0.4, -0.2) is 37.1 Å². The van der Waals surface area contributed by atoms with Crippen LogP contribution in [0.1, 0.15) is 45.4 Å². The van der Waals surface area contributed by atoms with Gasteiger partial charge in [0.2, 0.25) is 5.91 Å². The SMILES string of the molecule is CC(NC(N)=O)C(=O)NCCNC1CCCCCC1. The number of rotatable bonds is 6. The number of hydrogen-bond donors (Lipinski definition) is 4. The molecule has 6 heteroatoms. The van der Waals surface area contributed by atoms with E-state index in [2.05, 4.69) is 16.0 Å². The quantitative estimate of drug-likeness (QED) is 0.417. The second kappa shape index (κ2) is 8.74. The maximum absolute atomic E-state index is 11.6. The Hall–Kier alpha value is -1.30. The lowest BCUT2D eigenvalue weighted by molar-refractivity contribution is -0.122. The van der Waals surface area contributed by atoms with Crippen molar-refractivity contribution in [1.29, 1.82) is 0 Å². The van der Waals surface area contributed by atoms with Gasteiger partial charge in [0.1, 0.15) is 6.04 Å². The van der Waals surface area contributed by atoms with E-state index in [0.717, 1.165) is 6.54 Å². The normalized spacial score (nSPS) is 18.4. The van der Waals surface area contributed by atoms with Crippen LogP contribution in [0.15, 0.2) is 0 Å². The average molecular weight is 270 g/mol. The molecular formula is C13H26N4O2. The molecule has 5 N–H and O–H groups in total. The van der Waals surface area contributed by atoms with Crippen LogP contribution in [-0.2, 0) is 4.79 Å². The Morgan fingerprint density at radius 3 is 2.37 bits per heavy atom. The molecule has 110 valence electrons. The molecule has 1 aliphatic rings. The molecule has 1 rings (SSSR count). The largest absolute Gasteiger partial charge is 0.353 e. The third-order valence-corrected chi connectivity index (χ3v) is 3.46. The molecule has 0 aromatic carbocycles. The monoisotopic (exact) mass is 270 g/mol. The van der Waals surface area contributed by atoms with E-state index in [4.69, 9.17) is 5.73 Å². The van der Waals surface area contributed by atoms with E-state index in [0.29, 0.717) is 12.6 Å². The Bertz CT molecular complexity index is 288. The molecule has 1 unspecified atom stereocenters. The molecule has 19 heavy (non-hydrogen) atoms. The van der Waals surface area contributed by atoms with Gasteiger partial charge in [0, 0.05) is 19.1 Å². The van der Waals surface area contributed by atoms with Gasteiger partial charge in [-0.3, -0.25) is 4.79 Å². The van der Waals surface area contributed by atoms with Crippen molar-refractivity contribution in [1.82, 2.24) is 16.0 Å². The number of nitrogens with two attached hydrogens (primary N) is 1. The van der Waals surface area contributed by atoms with Crippen molar-refractivity contribution in [2.24, 2.45) is 5.73 Å². The van der Waals surface area contributed by atoms with Gasteiger partial charge in [-0.25, -0.2) is 4.79 Å². The van der Waals surface area contributed by atoms with Gasteiger partial charge in [-0.05, 0) is 19.8 Å². The molecule has 0 saturated heterocycles. The Balaban J connectivity index is 2.09. The fourth-order valence-electron chi connectivity index (χ4n) is 2.38. The number of amides is 3. The van der Waals surface area contributed by atoms with Gasteiger partial charge in [-0.2, -0.15) is 0 Å². The minimum absolute atomic E-state index is 0.207. The van der Waals surface area contributed by atoms with Crippen molar-refractivity contribution in [2.45, 2.75) is 57.5 Å². The van der Waals surface area contributed by atoms with Crippen LogP contribution >= 0.6 is 0 Å². The topological polar surface area (TPSA) is 96.2 Å². The summed E-state index contributed by atoms with van der Waals surface area (Å²) in [7, 11) is 0. The highest BCUT2D eigenvalue weighted by Crippen LogP contribution is 2.16. The van der Waals surface area contributed by atoms with Crippen LogP contribution < -0.4 is 21.7 Å². The Kier molecular flexibility index (Phi) is 7.25. The summed E-state index contributed by atoms with van der Waals surface area (Å²) in [6, 6.07) is -0.685. The Morgan fingerprint density at radius 2 is 1.79 bits per heavy atom. The number of carbonyl (C=O) groups excluding carboxylic acids is 2. The van der Waals surface area contributed by atoms with Gasteiger partial charge in [0.25, 0.3) is 0 Å². The van der Waals surface area contributed by atoms with E-state index < -0.39 is 12.1 Å². The number of nitrogens with one attached hydrogen (secondary N) is 3. The highest BCUT2D eigenvalue weighted by molar-refractivity contribution is 5.86. The number of hydrogen-bond acceptors (Lipinski definition) is 3. The van der Waals surface area contributed by atoms with Gasteiger partial charge in [0.05, 0.1) is 0 Å². The van der Waals surface area contributed by atoms with Crippen molar-refractivity contribution in [3.8, 4) is 0 Å². The summed E-state index contributed by atoms with van der Waals surface area (Å²) >= 11 is 0. The van der Waals surface area contributed by atoms with E-state index in [-0.39, 0.29) is 5.91 Å². The first-order valence-electron chi connectivity index (χ1n) is 7.16. The van der Waals surface area contributed by atoms with Gasteiger partial charge < -0.3 is 21.7 Å². The predicted octanol–water partition coefficient (Wildman–Crippen LogP) is 0.472. The lowest BCUT2D eigenvalue weighted by atomic mass is 10.1. The molecular weight excluding hydrogens is 244 g/mol. The molecule has 1 fully saturated rings. The fourth-order valence-corrected chi connectivity index (χ4v) is 2.38. The summed E-state index contributed by atoms with van der Waals surface area (Å²) in [5, 5.41) is 8.59. The van der Waals surface area contributed by atoms with Crippen LogP contribution in [0, 0.1) is 0 Å². The lowest BCUT2D eigenvalue weighted by Crippen LogP contribution is -2.48. The molecule has 0 aromatic rings. The molecule has 0 heterocycles. The zero-order valence-electron chi connectivity index (χ0n) is 11.7. The van der Waals surface area contributed by atoms with Gasteiger partial charge in [-0.15, -0.1) is 0 Å². The minimum Gasteiger partial charge on any atom is -0.353 e. The summed E-state index contributed by atoms with van der Waals surface area (Å²) in [4.78, 5) is 22.2. The standard InChI is InChI=1S/C13H26N4O2/c1-10(17-13(14)19)12(18)16-9-8-15-11-6-4-2-3-5-7-11/h10-11,15H,2-9H2,1H3,(H,16,18)(H3,14,17,19). The fraction of sp³-hybridized carbons (Fsp3) is 0.846. The molecule has 0 bridgehead atoms. The minimum atomic E-state index is -0.681. The lowest BCUT2D eigenvalue weighted by Gasteiger charge is -2.17. The van der Waals surface area contributed by atoms with Crippen molar-refractivity contribution in [2.75, 3.05) is 13.1 Å². The van der Waals surface area contributed by atoms with Crippen LogP contribution in [0.4, 0.5) is 4.79 Å². The summed E-state index contributed by atoms with van der Waals surface area (Å²) in [6.07, 6.45) is 7.73. The van der Waals surface area contributed by atoms with Crippen molar-refractivity contribution < 1.29 is 9.59 Å². The second-order valence-corrected chi connectivity index (χ2v) is 5.16. The Labute approximate surface area is 114 Å². The van der Waals surface area contributed by atoms with E-state index in [1.807, 2.05) is 0 Å². The summed E-state index contributed by atoms with van der Waals surface area (Å²) in [5.41, 5.74) is 4.96. The third-order valence-electron chi connectivity index (χ3n) is 3.46. The smallest absolute Gasteiger partial charge is 0.312 e. The van der Waals surface area contributed by atoms with E-state index in [1.54, 1.807) is 6.92 Å². The van der Waals surface area contributed by atoms with E-state index >= 15 is 0 Å². The third kappa shape index (κ3) is 7.00. The maximum atomic E-state index is 11.6. The number of carbonyl (C=O) groups is 2. The zero-order valence-corrected chi connectivity index (χ0v) is 11.7. The second-order valence-electron chi connectivity index (χ2n) is 5.16. The summed E-state index contributed by atoms with van der Waals surface area (Å²) in [6.45, 7) is 2.94. The molecule has 6 nitrogen and oxygen atoms in total. The van der Waals surface area contributed by atoms with Gasteiger partial charge in [0.15, 0.2) is 0 Å². The van der Waals surface area contributed by atoms with Crippen LogP contribution in [0.2, 0.25) is 0 Å². The molecule has 0 spiro atoms. The molecule has 0 aromatic heterocycles. The van der Waals surface area contributed by atoms with Crippen molar-refractivity contribution in [3.63, 3.8) is 0 Å². The van der Waals surface area contributed by atoms with Crippen molar-refractivity contribution >= 4 is 11.9 Å². The highest BCUT2D eigenvalue weighted by atomic mass is 16.2. The van der Waals surface area contributed by atoms with E-state index in [1.165, 1.54) is 38.5 Å². The first-order chi connectivity index (χ1) is 9.09.